The maximum atomic E-state index is 5.71. The second-order valence-electron chi connectivity index (χ2n) is 6.26. The van der Waals surface area contributed by atoms with Gasteiger partial charge in [0.2, 0.25) is 0 Å². The maximum absolute atomic E-state index is 5.71. The Morgan fingerprint density at radius 3 is 3.16 bits per heavy atom. The SMILES string of the molecule is CN=C(NCCN1CCc2sccc2C1)N1CCOC(COC)C1.I. The predicted octanol–water partition coefficient (Wildman–Crippen LogP) is 1.65. The summed E-state index contributed by atoms with van der Waals surface area (Å²) in [7, 11) is 3.56. The van der Waals surface area contributed by atoms with E-state index in [9.17, 15) is 0 Å². The van der Waals surface area contributed by atoms with Crippen molar-refractivity contribution >= 4 is 41.3 Å². The first-order valence-corrected chi connectivity index (χ1v) is 9.52. The average molecular weight is 480 g/mol. The minimum atomic E-state index is 0. The largest absolute Gasteiger partial charge is 0.382 e. The number of thiophene rings is 1. The first kappa shape index (κ1) is 20.9. The van der Waals surface area contributed by atoms with Gasteiger partial charge in [-0.1, -0.05) is 0 Å². The Hall–Kier alpha value is -0.420. The molecule has 0 amide bonds. The maximum Gasteiger partial charge on any atom is 0.193 e. The highest BCUT2D eigenvalue weighted by atomic mass is 127. The lowest BCUT2D eigenvalue weighted by Gasteiger charge is -2.35. The number of nitrogens with zero attached hydrogens (tertiary/aromatic N) is 3. The van der Waals surface area contributed by atoms with Gasteiger partial charge >= 0.3 is 0 Å². The minimum absolute atomic E-state index is 0. The smallest absolute Gasteiger partial charge is 0.193 e. The Bertz CT molecular complexity index is 553. The van der Waals surface area contributed by atoms with Crippen molar-refractivity contribution in [3.8, 4) is 0 Å². The molecule has 1 N–H and O–H groups in total. The summed E-state index contributed by atoms with van der Waals surface area (Å²) in [5.41, 5.74) is 1.51. The molecule has 1 saturated heterocycles. The lowest BCUT2D eigenvalue weighted by Crippen LogP contribution is -2.52. The molecule has 0 saturated carbocycles. The zero-order chi connectivity index (χ0) is 16.8. The molecule has 1 aromatic rings. The van der Waals surface area contributed by atoms with E-state index in [4.69, 9.17) is 9.47 Å². The van der Waals surface area contributed by atoms with Crippen molar-refractivity contribution in [2.45, 2.75) is 19.1 Å². The van der Waals surface area contributed by atoms with Gasteiger partial charge < -0.3 is 19.7 Å². The molecule has 1 aromatic heterocycles. The van der Waals surface area contributed by atoms with E-state index in [1.165, 1.54) is 12.0 Å². The third-order valence-electron chi connectivity index (χ3n) is 4.60. The number of rotatable bonds is 5. The van der Waals surface area contributed by atoms with Crippen LogP contribution in [0.1, 0.15) is 10.4 Å². The molecule has 0 aromatic carbocycles. The van der Waals surface area contributed by atoms with Crippen LogP contribution in [0.4, 0.5) is 0 Å². The van der Waals surface area contributed by atoms with E-state index in [-0.39, 0.29) is 30.1 Å². The van der Waals surface area contributed by atoms with Gasteiger partial charge in [0, 0.05) is 58.3 Å². The highest BCUT2D eigenvalue weighted by Crippen LogP contribution is 2.23. The highest BCUT2D eigenvalue weighted by Gasteiger charge is 2.23. The molecule has 0 spiro atoms. The van der Waals surface area contributed by atoms with E-state index in [1.54, 1.807) is 12.0 Å². The molecule has 2 aliphatic heterocycles. The number of methoxy groups -OCH3 is 1. The molecule has 2 aliphatic rings. The number of guanidine groups is 1. The fraction of sp³-hybridized carbons (Fsp3) is 0.706. The molecular formula is C17H29IN4O2S. The van der Waals surface area contributed by atoms with Gasteiger partial charge in [-0.2, -0.15) is 0 Å². The Kier molecular flexibility index (Phi) is 8.91. The van der Waals surface area contributed by atoms with Gasteiger partial charge in [-0.15, -0.1) is 35.3 Å². The standard InChI is InChI=1S/C17H28N4O2S.HI/c1-18-17(21-8-9-23-15(12-21)13-22-2)19-5-7-20-6-3-16-14(11-20)4-10-24-16;/h4,10,15H,3,5-9,11-13H2,1-2H3,(H,18,19);1H. The first-order chi connectivity index (χ1) is 11.8. The van der Waals surface area contributed by atoms with E-state index >= 15 is 0 Å². The molecule has 0 radical (unpaired) electrons. The van der Waals surface area contributed by atoms with Crippen LogP contribution in [-0.2, 0) is 22.4 Å². The van der Waals surface area contributed by atoms with E-state index < -0.39 is 0 Å². The highest BCUT2D eigenvalue weighted by molar-refractivity contribution is 14.0. The van der Waals surface area contributed by atoms with Gasteiger partial charge in [0.25, 0.3) is 0 Å². The van der Waals surface area contributed by atoms with Crippen molar-refractivity contribution < 1.29 is 9.47 Å². The predicted molar refractivity (Wildman–Crippen MR) is 113 cm³/mol. The molecule has 3 rings (SSSR count). The van der Waals surface area contributed by atoms with E-state index in [2.05, 4.69) is 31.6 Å². The van der Waals surface area contributed by atoms with Crippen LogP contribution in [0.2, 0.25) is 0 Å². The second-order valence-corrected chi connectivity index (χ2v) is 7.26. The third-order valence-corrected chi connectivity index (χ3v) is 5.62. The quantitative estimate of drug-likeness (QED) is 0.395. The molecular weight excluding hydrogens is 451 g/mol. The summed E-state index contributed by atoms with van der Waals surface area (Å²) in [5.74, 6) is 0.965. The number of hydrogen-bond donors (Lipinski definition) is 1. The van der Waals surface area contributed by atoms with Crippen LogP contribution in [-0.4, -0.2) is 82.0 Å². The fourth-order valence-electron chi connectivity index (χ4n) is 3.35. The van der Waals surface area contributed by atoms with Crippen molar-refractivity contribution in [1.29, 1.82) is 0 Å². The van der Waals surface area contributed by atoms with Gasteiger partial charge in [0.05, 0.1) is 19.3 Å². The van der Waals surface area contributed by atoms with Gasteiger partial charge in [0.1, 0.15) is 0 Å². The molecule has 6 nitrogen and oxygen atoms in total. The average Bonchev–Trinajstić information content (AvgIpc) is 3.07. The molecule has 3 heterocycles. The molecule has 0 bridgehead atoms. The van der Waals surface area contributed by atoms with E-state index in [1.807, 2.05) is 18.4 Å². The number of aliphatic imine (C=N–C) groups is 1. The van der Waals surface area contributed by atoms with Crippen molar-refractivity contribution in [2.24, 2.45) is 4.99 Å². The first-order valence-electron chi connectivity index (χ1n) is 8.64. The topological polar surface area (TPSA) is 49.3 Å². The number of morpholine rings is 1. The van der Waals surface area contributed by atoms with Crippen LogP contribution in [0.3, 0.4) is 0 Å². The zero-order valence-corrected chi connectivity index (χ0v) is 18.2. The van der Waals surface area contributed by atoms with Crippen LogP contribution in [0.5, 0.6) is 0 Å². The van der Waals surface area contributed by atoms with Crippen molar-refractivity contribution in [1.82, 2.24) is 15.1 Å². The summed E-state index contributed by atoms with van der Waals surface area (Å²) in [6.07, 6.45) is 1.31. The molecule has 1 atom stereocenters. The normalized spacial score (nSPS) is 21.6. The number of hydrogen-bond acceptors (Lipinski definition) is 5. The van der Waals surface area contributed by atoms with Crippen LogP contribution in [0, 0.1) is 0 Å². The summed E-state index contributed by atoms with van der Waals surface area (Å²) in [4.78, 5) is 10.8. The lowest BCUT2D eigenvalue weighted by atomic mass is 10.1. The van der Waals surface area contributed by atoms with Crippen LogP contribution >= 0.6 is 35.3 Å². The van der Waals surface area contributed by atoms with Gasteiger partial charge in [-0.25, -0.2) is 0 Å². The summed E-state index contributed by atoms with van der Waals surface area (Å²) in [5, 5.41) is 5.72. The third kappa shape index (κ3) is 5.78. The lowest BCUT2D eigenvalue weighted by molar-refractivity contribution is -0.0447. The fourth-order valence-corrected chi connectivity index (χ4v) is 4.24. The number of ether oxygens (including phenoxy) is 2. The number of nitrogens with one attached hydrogen (secondary N) is 1. The van der Waals surface area contributed by atoms with E-state index in [0.717, 1.165) is 51.8 Å². The monoisotopic (exact) mass is 480 g/mol. The minimum Gasteiger partial charge on any atom is -0.382 e. The summed E-state index contributed by atoms with van der Waals surface area (Å²) >= 11 is 1.89. The molecule has 8 heteroatoms. The van der Waals surface area contributed by atoms with Gasteiger partial charge in [-0.05, 0) is 23.4 Å². The molecule has 142 valence electrons. The van der Waals surface area contributed by atoms with Crippen molar-refractivity contribution in [3.05, 3.63) is 21.9 Å². The molecule has 25 heavy (non-hydrogen) atoms. The Labute approximate surface area is 171 Å². The van der Waals surface area contributed by atoms with E-state index in [0.29, 0.717) is 6.61 Å². The molecule has 1 fully saturated rings. The van der Waals surface area contributed by atoms with Crippen LogP contribution < -0.4 is 5.32 Å². The van der Waals surface area contributed by atoms with Gasteiger partial charge in [0.15, 0.2) is 5.96 Å². The molecule has 1 unspecified atom stereocenters. The Morgan fingerprint density at radius 2 is 2.36 bits per heavy atom. The molecule has 0 aliphatic carbocycles. The zero-order valence-electron chi connectivity index (χ0n) is 15.1. The summed E-state index contributed by atoms with van der Waals surface area (Å²) in [6, 6.07) is 2.27. The van der Waals surface area contributed by atoms with Crippen LogP contribution in [0.25, 0.3) is 0 Å². The summed E-state index contributed by atoms with van der Waals surface area (Å²) in [6.45, 7) is 7.25. The van der Waals surface area contributed by atoms with Crippen molar-refractivity contribution in [3.63, 3.8) is 0 Å². The number of halogens is 1. The number of fused-ring (bicyclic) bond motifs is 1. The second kappa shape index (κ2) is 10.7. The summed E-state index contributed by atoms with van der Waals surface area (Å²) < 4.78 is 10.9. The Balaban J connectivity index is 0.00000225. The van der Waals surface area contributed by atoms with Crippen LogP contribution in [0.15, 0.2) is 16.4 Å². The van der Waals surface area contributed by atoms with Crippen molar-refractivity contribution in [2.75, 3.05) is 60.1 Å². The Morgan fingerprint density at radius 1 is 1.48 bits per heavy atom. The van der Waals surface area contributed by atoms with Gasteiger partial charge in [-0.3, -0.25) is 9.89 Å².